The molecule has 1 aliphatic rings. The highest BCUT2D eigenvalue weighted by Gasteiger charge is 2.24. The topological polar surface area (TPSA) is 53.9 Å². The van der Waals surface area contributed by atoms with Crippen LogP contribution in [0.2, 0.25) is 0 Å². The molecule has 0 spiro atoms. The van der Waals surface area contributed by atoms with Crippen molar-refractivity contribution in [2.75, 3.05) is 13.2 Å². The van der Waals surface area contributed by atoms with Gasteiger partial charge in [0.2, 0.25) is 0 Å². The van der Waals surface area contributed by atoms with E-state index in [2.05, 4.69) is 31.2 Å². The van der Waals surface area contributed by atoms with Crippen LogP contribution < -0.4 is 5.32 Å². The van der Waals surface area contributed by atoms with Gasteiger partial charge in [-0.1, -0.05) is 5.16 Å². The summed E-state index contributed by atoms with van der Waals surface area (Å²) >= 11 is 0. The van der Waals surface area contributed by atoms with Gasteiger partial charge in [-0.2, -0.15) is 0 Å². The molecule has 1 saturated carbocycles. The van der Waals surface area contributed by atoms with E-state index < -0.39 is 6.10 Å². The van der Waals surface area contributed by atoms with Gasteiger partial charge in [-0.15, -0.1) is 0 Å². The maximum Gasteiger partial charge on any atom is 0.144 e. The normalized spacial score (nSPS) is 19.7. The standard InChI is InChI=1S/C12H24N2O2/c1-9(10-5-6-10)14-16-8-11(15)7-13-12(2,3)4/h10-11,13,15H,5-8H2,1-4H3/b14-9+. The van der Waals surface area contributed by atoms with E-state index in [1.807, 2.05) is 6.92 Å². The summed E-state index contributed by atoms with van der Waals surface area (Å²) in [5.41, 5.74) is 1.07. The zero-order chi connectivity index (χ0) is 12.2. The molecular formula is C12H24N2O2. The molecule has 1 unspecified atom stereocenters. The third kappa shape index (κ3) is 6.08. The van der Waals surface area contributed by atoms with Crippen LogP contribution in [0.5, 0.6) is 0 Å². The van der Waals surface area contributed by atoms with Crippen LogP contribution in [0.15, 0.2) is 5.16 Å². The molecule has 0 bridgehead atoms. The van der Waals surface area contributed by atoms with E-state index in [1.165, 1.54) is 12.8 Å². The Morgan fingerprint density at radius 1 is 1.50 bits per heavy atom. The number of nitrogens with one attached hydrogen (secondary N) is 1. The summed E-state index contributed by atoms with van der Waals surface area (Å²) in [5.74, 6) is 0.629. The first kappa shape index (κ1) is 13.5. The first-order valence-corrected chi connectivity index (χ1v) is 5.98. The second-order valence-corrected chi connectivity index (χ2v) is 5.59. The molecule has 1 aliphatic carbocycles. The second-order valence-electron chi connectivity index (χ2n) is 5.59. The molecule has 0 heterocycles. The minimum atomic E-state index is -0.505. The highest BCUT2D eigenvalue weighted by atomic mass is 16.6. The number of aliphatic hydroxyl groups excluding tert-OH is 1. The van der Waals surface area contributed by atoms with Crippen LogP contribution in [0.1, 0.15) is 40.5 Å². The molecule has 1 rings (SSSR count). The third-order valence-corrected chi connectivity index (χ3v) is 2.51. The molecule has 1 atom stereocenters. The first-order valence-electron chi connectivity index (χ1n) is 5.98. The van der Waals surface area contributed by atoms with Gasteiger partial charge >= 0.3 is 0 Å². The Morgan fingerprint density at radius 3 is 2.62 bits per heavy atom. The lowest BCUT2D eigenvalue weighted by Crippen LogP contribution is -2.42. The minimum Gasteiger partial charge on any atom is -0.393 e. The van der Waals surface area contributed by atoms with E-state index in [-0.39, 0.29) is 12.1 Å². The van der Waals surface area contributed by atoms with Crippen molar-refractivity contribution in [3.05, 3.63) is 0 Å². The molecule has 4 nitrogen and oxygen atoms in total. The predicted molar refractivity (Wildman–Crippen MR) is 65.5 cm³/mol. The summed E-state index contributed by atoms with van der Waals surface area (Å²) in [6.07, 6.45) is 1.95. The quantitative estimate of drug-likeness (QED) is 0.535. The van der Waals surface area contributed by atoms with Crippen molar-refractivity contribution >= 4 is 5.71 Å². The molecule has 0 radical (unpaired) electrons. The van der Waals surface area contributed by atoms with E-state index in [1.54, 1.807) is 0 Å². The van der Waals surface area contributed by atoms with Gasteiger partial charge in [0, 0.05) is 18.0 Å². The van der Waals surface area contributed by atoms with Crippen molar-refractivity contribution in [3.63, 3.8) is 0 Å². The zero-order valence-corrected chi connectivity index (χ0v) is 10.8. The number of hydrogen-bond donors (Lipinski definition) is 2. The summed E-state index contributed by atoms with van der Waals surface area (Å²) in [6, 6.07) is 0. The van der Waals surface area contributed by atoms with E-state index in [4.69, 9.17) is 4.84 Å². The average molecular weight is 228 g/mol. The molecule has 0 aromatic rings. The van der Waals surface area contributed by atoms with Crippen molar-refractivity contribution < 1.29 is 9.94 Å². The lowest BCUT2D eigenvalue weighted by molar-refractivity contribution is 0.0368. The van der Waals surface area contributed by atoms with Gasteiger partial charge in [-0.25, -0.2) is 0 Å². The number of nitrogens with zero attached hydrogens (tertiary/aromatic N) is 1. The second kappa shape index (κ2) is 5.64. The van der Waals surface area contributed by atoms with E-state index in [0.29, 0.717) is 12.5 Å². The van der Waals surface area contributed by atoms with E-state index in [9.17, 15) is 5.11 Å². The highest BCUT2D eigenvalue weighted by Crippen LogP contribution is 2.30. The number of rotatable bonds is 6. The maximum atomic E-state index is 9.62. The number of oxime groups is 1. The summed E-state index contributed by atoms with van der Waals surface area (Å²) in [4.78, 5) is 5.12. The predicted octanol–water partition coefficient (Wildman–Crippen LogP) is 1.54. The van der Waals surface area contributed by atoms with Crippen molar-refractivity contribution in [2.45, 2.75) is 52.2 Å². The molecule has 0 saturated heterocycles. The van der Waals surface area contributed by atoms with E-state index in [0.717, 1.165) is 5.71 Å². The molecule has 4 heteroatoms. The summed E-state index contributed by atoms with van der Waals surface area (Å²) in [6.45, 7) is 8.97. The zero-order valence-electron chi connectivity index (χ0n) is 10.8. The van der Waals surface area contributed by atoms with Crippen LogP contribution in [0.4, 0.5) is 0 Å². The molecule has 0 aliphatic heterocycles. The fourth-order valence-corrected chi connectivity index (χ4v) is 1.28. The third-order valence-electron chi connectivity index (χ3n) is 2.51. The van der Waals surface area contributed by atoms with Gasteiger partial charge in [0.1, 0.15) is 12.7 Å². The van der Waals surface area contributed by atoms with Crippen LogP contribution in [-0.2, 0) is 4.84 Å². The number of aliphatic hydroxyl groups is 1. The van der Waals surface area contributed by atoms with Gasteiger partial charge in [0.05, 0.1) is 5.71 Å². The Labute approximate surface area is 98.1 Å². The van der Waals surface area contributed by atoms with Crippen LogP contribution in [0, 0.1) is 5.92 Å². The van der Waals surface area contributed by atoms with Crippen LogP contribution in [0.3, 0.4) is 0 Å². The van der Waals surface area contributed by atoms with Gasteiger partial charge in [0.25, 0.3) is 0 Å². The van der Waals surface area contributed by atoms with Gasteiger partial charge in [-0.3, -0.25) is 0 Å². The van der Waals surface area contributed by atoms with Crippen molar-refractivity contribution in [1.82, 2.24) is 5.32 Å². The monoisotopic (exact) mass is 228 g/mol. The molecule has 1 fully saturated rings. The highest BCUT2D eigenvalue weighted by molar-refractivity contribution is 5.85. The Kier molecular flexibility index (Phi) is 4.74. The Bertz CT molecular complexity index is 242. The van der Waals surface area contributed by atoms with Gasteiger partial charge in [-0.05, 0) is 40.5 Å². The molecular weight excluding hydrogens is 204 g/mol. The first-order chi connectivity index (χ1) is 7.38. The molecule has 2 N–H and O–H groups in total. The fourth-order valence-electron chi connectivity index (χ4n) is 1.28. The number of β-amino-alcohol motifs (C(OH)–C–C–N with tert-alkyl or cyclic N) is 1. The largest absolute Gasteiger partial charge is 0.393 e. The number of hydrogen-bond acceptors (Lipinski definition) is 4. The lowest BCUT2D eigenvalue weighted by atomic mass is 10.1. The molecule has 0 aromatic carbocycles. The molecule has 94 valence electrons. The lowest BCUT2D eigenvalue weighted by Gasteiger charge is -2.22. The Hall–Kier alpha value is -0.610. The fraction of sp³-hybridized carbons (Fsp3) is 0.917. The Balaban J connectivity index is 2.10. The maximum absolute atomic E-state index is 9.62. The Morgan fingerprint density at radius 2 is 2.12 bits per heavy atom. The smallest absolute Gasteiger partial charge is 0.144 e. The van der Waals surface area contributed by atoms with Gasteiger partial charge < -0.3 is 15.3 Å². The van der Waals surface area contributed by atoms with Crippen LogP contribution in [0.25, 0.3) is 0 Å². The van der Waals surface area contributed by atoms with E-state index >= 15 is 0 Å². The van der Waals surface area contributed by atoms with Crippen molar-refractivity contribution in [1.29, 1.82) is 0 Å². The molecule has 0 aromatic heterocycles. The molecule has 16 heavy (non-hydrogen) atoms. The van der Waals surface area contributed by atoms with Gasteiger partial charge in [0.15, 0.2) is 0 Å². The SMILES string of the molecule is C/C(=N\OCC(O)CNC(C)(C)C)C1CC1. The summed E-state index contributed by atoms with van der Waals surface area (Å²) in [5, 5.41) is 16.8. The van der Waals surface area contributed by atoms with Crippen LogP contribution >= 0.6 is 0 Å². The van der Waals surface area contributed by atoms with Crippen molar-refractivity contribution in [2.24, 2.45) is 11.1 Å². The van der Waals surface area contributed by atoms with Crippen molar-refractivity contribution in [3.8, 4) is 0 Å². The minimum absolute atomic E-state index is 0.0220. The average Bonchev–Trinajstić information content (AvgIpc) is 2.96. The van der Waals surface area contributed by atoms with Crippen LogP contribution in [-0.4, -0.2) is 35.6 Å². The molecule has 0 amide bonds. The summed E-state index contributed by atoms with van der Waals surface area (Å²) < 4.78 is 0. The summed E-state index contributed by atoms with van der Waals surface area (Å²) in [7, 11) is 0.